The molecule has 22 heavy (non-hydrogen) atoms. The van der Waals surface area contributed by atoms with Crippen molar-refractivity contribution in [1.82, 2.24) is 0 Å². The molecule has 2 aromatic rings. The van der Waals surface area contributed by atoms with Crippen LogP contribution in [0.15, 0.2) is 42.5 Å². The topological polar surface area (TPSA) is 55.4 Å². The molecule has 4 nitrogen and oxygen atoms in total. The lowest BCUT2D eigenvalue weighted by molar-refractivity contribution is -0.119. The van der Waals surface area contributed by atoms with E-state index in [1.54, 1.807) is 19.1 Å². The van der Waals surface area contributed by atoms with Crippen LogP contribution in [0, 0.1) is 16.3 Å². The van der Waals surface area contributed by atoms with E-state index in [9.17, 15) is 14.0 Å². The molecular formula is C16H13FINO3. The Kier molecular flexibility index (Phi) is 5.48. The zero-order valence-electron chi connectivity index (χ0n) is 11.7. The van der Waals surface area contributed by atoms with Gasteiger partial charge in [0.15, 0.2) is 6.61 Å². The lowest BCUT2D eigenvalue weighted by Gasteiger charge is -2.07. The molecule has 0 unspecified atom stereocenters. The fraction of sp³-hybridized carbons (Fsp3) is 0.125. The van der Waals surface area contributed by atoms with Crippen molar-refractivity contribution in [1.29, 1.82) is 0 Å². The first-order valence-corrected chi connectivity index (χ1v) is 7.52. The van der Waals surface area contributed by atoms with Crippen molar-refractivity contribution in [3.8, 4) is 0 Å². The minimum absolute atomic E-state index is 0.0742. The van der Waals surface area contributed by atoms with Crippen LogP contribution in [0.5, 0.6) is 0 Å². The quantitative estimate of drug-likeness (QED) is 0.617. The van der Waals surface area contributed by atoms with Gasteiger partial charge in [-0.1, -0.05) is 6.07 Å². The summed E-state index contributed by atoms with van der Waals surface area (Å²) >= 11 is 2.15. The number of halogens is 2. The van der Waals surface area contributed by atoms with E-state index in [-0.39, 0.29) is 5.56 Å². The molecule has 2 aromatic carbocycles. The van der Waals surface area contributed by atoms with Crippen LogP contribution in [-0.4, -0.2) is 18.5 Å². The molecule has 0 saturated carbocycles. The number of anilines is 1. The third-order valence-corrected chi connectivity index (χ3v) is 3.59. The first kappa shape index (κ1) is 16.4. The molecule has 1 N–H and O–H groups in total. The molecule has 6 heteroatoms. The van der Waals surface area contributed by atoms with E-state index in [4.69, 9.17) is 4.74 Å². The van der Waals surface area contributed by atoms with E-state index in [0.29, 0.717) is 11.3 Å². The van der Waals surface area contributed by atoms with Gasteiger partial charge >= 0.3 is 5.97 Å². The molecule has 0 spiro atoms. The highest BCUT2D eigenvalue weighted by molar-refractivity contribution is 14.1. The predicted molar refractivity (Wildman–Crippen MR) is 89.2 cm³/mol. The molecule has 0 saturated heterocycles. The fourth-order valence-electron chi connectivity index (χ4n) is 1.66. The molecular weight excluding hydrogens is 400 g/mol. The molecule has 0 bridgehead atoms. The first-order valence-electron chi connectivity index (χ1n) is 6.44. The van der Waals surface area contributed by atoms with Crippen LogP contribution in [0.2, 0.25) is 0 Å². The Bertz CT molecular complexity index is 701. The van der Waals surface area contributed by atoms with Crippen molar-refractivity contribution in [2.75, 3.05) is 11.9 Å². The zero-order valence-corrected chi connectivity index (χ0v) is 13.9. The highest BCUT2D eigenvalue weighted by Gasteiger charge is 2.12. The monoisotopic (exact) mass is 413 g/mol. The van der Waals surface area contributed by atoms with Crippen molar-refractivity contribution >= 4 is 40.2 Å². The Morgan fingerprint density at radius 1 is 1.18 bits per heavy atom. The summed E-state index contributed by atoms with van der Waals surface area (Å²) in [6, 6.07) is 11.2. The van der Waals surface area contributed by atoms with Crippen LogP contribution in [0.25, 0.3) is 0 Å². The van der Waals surface area contributed by atoms with Crippen LogP contribution in [-0.2, 0) is 9.53 Å². The van der Waals surface area contributed by atoms with E-state index in [0.717, 1.165) is 9.64 Å². The van der Waals surface area contributed by atoms with Gasteiger partial charge in [0.2, 0.25) is 0 Å². The van der Waals surface area contributed by atoms with Crippen molar-refractivity contribution in [3.63, 3.8) is 0 Å². The smallest absolute Gasteiger partial charge is 0.338 e. The summed E-state index contributed by atoms with van der Waals surface area (Å²) in [5.74, 6) is -1.68. The normalized spacial score (nSPS) is 10.1. The average molecular weight is 413 g/mol. The molecule has 0 heterocycles. The van der Waals surface area contributed by atoms with Crippen molar-refractivity contribution < 1.29 is 18.7 Å². The number of nitrogens with one attached hydrogen (secondary N) is 1. The lowest BCUT2D eigenvalue weighted by Crippen LogP contribution is -2.21. The number of carbonyl (C=O) groups excluding carboxylic acids is 2. The van der Waals surface area contributed by atoms with E-state index >= 15 is 0 Å². The lowest BCUT2D eigenvalue weighted by atomic mass is 10.1. The first-order chi connectivity index (χ1) is 10.5. The minimum Gasteiger partial charge on any atom is -0.452 e. The number of carbonyl (C=O) groups is 2. The molecule has 0 aliphatic heterocycles. The van der Waals surface area contributed by atoms with Crippen molar-refractivity contribution in [3.05, 3.63) is 63.0 Å². The van der Waals surface area contributed by atoms with Gasteiger partial charge in [0, 0.05) is 9.26 Å². The van der Waals surface area contributed by atoms with Gasteiger partial charge in [-0.05, 0) is 71.5 Å². The molecule has 0 fully saturated rings. The Morgan fingerprint density at radius 2 is 1.86 bits per heavy atom. The molecule has 0 atom stereocenters. The zero-order chi connectivity index (χ0) is 16.1. The van der Waals surface area contributed by atoms with Gasteiger partial charge in [0.05, 0.1) is 5.56 Å². The van der Waals surface area contributed by atoms with Crippen LogP contribution >= 0.6 is 22.6 Å². The summed E-state index contributed by atoms with van der Waals surface area (Å²) in [7, 11) is 0. The number of hydrogen-bond donors (Lipinski definition) is 1. The predicted octanol–water partition coefficient (Wildman–Crippen LogP) is 3.53. The van der Waals surface area contributed by atoms with Gasteiger partial charge in [-0.25, -0.2) is 9.18 Å². The summed E-state index contributed by atoms with van der Waals surface area (Å²) in [6.07, 6.45) is 0. The van der Waals surface area contributed by atoms with Crippen molar-refractivity contribution in [2.24, 2.45) is 0 Å². The second-order valence-corrected chi connectivity index (χ2v) is 5.84. The number of hydrogen-bond acceptors (Lipinski definition) is 3. The van der Waals surface area contributed by atoms with Gasteiger partial charge in [0.1, 0.15) is 5.82 Å². The van der Waals surface area contributed by atoms with E-state index in [1.807, 2.05) is 12.1 Å². The highest BCUT2D eigenvalue weighted by Crippen LogP contribution is 2.12. The fourth-order valence-corrected chi connectivity index (χ4v) is 2.02. The van der Waals surface area contributed by atoms with Crippen LogP contribution in [0.3, 0.4) is 0 Å². The Hall–Kier alpha value is -1.96. The van der Waals surface area contributed by atoms with E-state index in [1.165, 1.54) is 12.1 Å². The third-order valence-electron chi connectivity index (χ3n) is 2.87. The van der Waals surface area contributed by atoms with Gasteiger partial charge in [-0.2, -0.15) is 0 Å². The number of benzene rings is 2. The van der Waals surface area contributed by atoms with Gasteiger partial charge in [-0.15, -0.1) is 0 Å². The molecule has 0 aliphatic rings. The number of aryl methyl sites for hydroxylation is 1. The summed E-state index contributed by atoms with van der Waals surface area (Å²) in [6.45, 7) is 1.17. The summed E-state index contributed by atoms with van der Waals surface area (Å²) in [5.41, 5.74) is 1.13. The van der Waals surface area contributed by atoms with E-state index < -0.39 is 24.3 Å². The van der Waals surface area contributed by atoms with E-state index in [2.05, 4.69) is 27.9 Å². The summed E-state index contributed by atoms with van der Waals surface area (Å²) in [4.78, 5) is 23.4. The van der Waals surface area contributed by atoms with Gasteiger partial charge in [0.25, 0.3) is 5.91 Å². The maximum absolute atomic E-state index is 13.4. The van der Waals surface area contributed by atoms with Gasteiger partial charge < -0.3 is 10.1 Å². The standard InChI is InChI=1S/C16H13FINO3/c1-10-2-3-11(8-14(10)17)16(21)22-9-15(20)19-13-6-4-12(18)5-7-13/h2-8H,9H2,1H3,(H,19,20). The molecule has 0 radical (unpaired) electrons. The summed E-state index contributed by atoms with van der Waals surface area (Å²) < 4.78 is 19.3. The largest absolute Gasteiger partial charge is 0.452 e. The maximum Gasteiger partial charge on any atom is 0.338 e. The molecule has 1 amide bonds. The van der Waals surface area contributed by atoms with Crippen LogP contribution in [0.4, 0.5) is 10.1 Å². The Balaban J connectivity index is 1.88. The van der Waals surface area contributed by atoms with Crippen LogP contribution < -0.4 is 5.32 Å². The molecule has 2 rings (SSSR count). The minimum atomic E-state index is -0.739. The second-order valence-electron chi connectivity index (χ2n) is 4.60. The Morgan fingerprint density at radius 3 is 2.50 bits per heavy atom. The maximum atomic E-state index is 13.4. The number of rotatable bonds is 4. The molecule has 0 aliphatic carbocycles. The summed E-state index contributed by atoms with van der Waals surface area (Å²) in [5, 5.41) is 2.60. The van der Waals surface area contributed by atoms with Crippen LogP contribution in [0.1, 0.15) is 15.9 Å². The third kappa shape index (κ3) is 4.52. The molecule has 114 valence electrons. The number of ether oxygens (including phenoxy) is 1. The SMILES string of the molecule is Cc1ccc(C(=O)OCC(=O)Nc2ccc(I)cc2)cc1F. The molecule has 0 aromatic heterocycles. The average Bonchev–Trinajstić information content (AvgIpc) is 2.50. The number of esters is 1. The van der Waals surface area contributed by atoms with Gasteiger partial charge in [-0.3, -0.25) is 4.79 Å². The highest BCUT2D eigenvalue weighted by atomic mass is 127. The Labute approximate surface area is 140 Å². The van der Waals surface area contributed by atoms with Crippen molar-refractivity contribution in [2.45, 2.75) is 6.92 Å². The second kappa shape index (κ2) is 7.35. The number of amides is 1.